The molecule has 1 aliphatic rings. The number of halogens is 1. The van der Waals surface area contributed by atoms with Crippen molar-refractivity contribution in [2.24, 2.45) is 0 Å². The zero-order valence-corrected chi connectivity index (χ0v) is 12.6. The first kappa shape index (κ1) is 15.5. The van der Waals surface area contributed by atoms with Gasteiger partial charge in [0.05, 0.1) is 0 Å². The molecule has 0 saturated carbocycles. The van der Waals surface area contributed by atoms with E-state index >= 15 is 0 Å². The lowest BCUT2D eigenvalue weighted by atomic mass is 10.0. The summed E-state index contributed by atoms with van der Waals surface area (Å²) in [5.74, 6) is -0.154. The maximum Gasteiger partial charge on any atom is 0.123 e. The van der Waals surface area contributed by atoms with E-state index in [1.54, 1.807) is 12.1 Å². The zero-order chi connectivity index (χ0) is 14.2. The standard InChI is InChI=1S/C17H27FN2/c1-2-11-19-17(15-6-8-16(18)9-7-15)10-14-20-12-4-3-5-13-20/h6-9,17,19H,2-5,10-14H2,1H3. The van der Waals surface area contributed by atoms with Crippen LogP contribution in [0.3, 0.4) is 0 Å². The molecule has 0 bridgehead atoms. The quantitative estimate of drug-likeness (QED) is 0.817. The highest BCUT2D eigenvalue weighted by atomic mass is 19.1. The van der Waals surface area contributed by atoms with E-state index < -0.39 is 0 Å². The van der Waals surface area contributed by atoms with E-state index in [9.17, 15) is 4.39 Å². The Morgan fingerprint density at radius 1 is 1.15 bits per heavy atom. The molecule has 1 aliphatic heterocycles. The summed E-state index contributed by atoms with van der Waals surface area (Å²) >= 11 is 0. The molecule has 1 saturated heterocycles. The van der Waals surface area contributed by atoms with Crippen molar-refractivity contribution in [3.8, 4) is 0 Å². The maximum absolute atomic E-state index is 13.1. The molecule has 1 heterocycles. The van der Waals surface area contributed by atoms with Crippen molar-refractivity contribution in [1.29, 1.82) is 0 Å². The van der Waals surface area contributed by atoms with Crippen molar-refractivity contribution in [3.63, 3.8) is 0 Å². The van der Waals surface area contributed by atoms with Crippen molar-refractivity contribution in [3.05, 3.63) is 35.6 Å². The fraction of sp³-hybridized carbons (Fsp3) is 0.647. The Morgan fingerprint density at radius 2 is 1.85 bits per heavy atom. The molecule has 1 aromatic rings. The SMILES string of the molecule is CCCNC(CCN1CCCCC1)c1ccc(F)cc1. The third-order valence-electron chi connectivity index (χ3n) is 4.10. The molecule has 1 unspecified atom stereocenters. The first-order chi connectivity index (χ1) is 9.79. The van der Waals surface area contributed by atoms with Gasteiger partial charge < -0.3 is 10.2 Å². The molecule has 0 aromatic heterocycles. The van der Waals surface area contributed by atoms with Gasteiger partial charge in [-0.25, -0.2) is 4.39 Å². The number of hydrogen-bond acceptors (Lipinski definition) is 2. The molecule has 3 heteroatoms. The van der Waals surface area contributed by atoms with Crippen molar-refractivity contribution in [1.82, 2.24) is 10.2 Å². The fourth-order valence-corrected chi connectivity index (χ4v) is 2.89. The van der Waals surface area contributed by atoms with Gasteiger partial charge in [-0.05, 0) is 69.6 Å². The molecule has 1 fully saturated rings. The smallest absolute Gasteiger partial charge is 0.123 e. The summed E-state index contributed by atoms with van der Waals surface area (Å²) in [6.45, 7) is 6.81. The molecule has 112 valence electrons. The van der Waals surface area contributed by atoms with Gasteiger partial charge in [-0.1, -0.05) is 25.5 Å². The van der Waals surface area contributed by atoms with Crippen LogP contribution in [0.4, 0.5) is 4.39 Å². The van der Waals surface area contributed by atoms with Gasteiger partial charge in [0.25, 0.3) is 0 Å². The maximum atomic E-state index is 13.1. The molecule has 0 spiro atoms. The van der Waals surface area contributed by atoms with Gasteiger partial charge in [0.15, 0.2) is 0 Å². The van der Waals surface area contributed by atoms with Crippen LogP contribution in [0.15, 0.2) is 24.3 Å². The van der Waals surface area contributed by atoms with Crippen LogP contribution in [0.1, 0.15) is 50.6 Å². The summed E-state index contributed by atoms with van der Waals surface area (Å²) in [6.07, 6.45) is 6.28. The van der Waals surface area contributed by atoms with Crippen LogP contribution >= 0.6 is 0 Å². The Bertz CT molecular complexity index is 371. The van der Waals surface area contributed by atoms with Crippen LogP contribution in [0.2, 0.25) is 0 Å². The topological polar surface area (TPSA) is 15.3 Å². The first-order valence-corrected chi connectivity index (χ1v) is 8.01. The molecule has 2 rings (SSSR count). The van der Waals surface area contributed by atoms with Crippen molar-refractivity contribution >= 4 is 0 Å². The largest absolute Gasteiger partial charge is 0.310 e. The summed E-state index contributed by atoms with van der Waals surface area (Å²) in [7, 11) is 0. The molecular formula is C17H27FN2. The molecule has 2 nitrogen and oxygen atoms in total. The van der Waals surface area contributed by atoms with Crippen LogP contribution in [-0.2, 0) is 0 Å². The van der Waals surface area contributed by atoms with Crippen molar-refractivity contribution in [2.75, 3.05) is 26.2 Å². The molecular weight excluding hydrogens is 251 g/mol. The summed E-state index contributed by atoms with van der Waals surface area (Å²) in [5, 5.41) is 3.60. The number of rotatable bonds is 7. The highest BCUT2D eigenvalue weighted by Crippen LogP contribution is 2.19. The van der Waals surface area contributed by atoms with E-state index in [1.807, 2.05) is 12.1 Å². The minimum atomic E-state index is -0.154. The van der Waals surface area contributed by atoms with E-state index in [-0.39, 0.29) is 5.82 Å². The number of benzene rings is 1. The molecule has 1 atom stereocenters. The van der Waals surface area contributed by atoms with Crippen molar-refractivity contribution in [2.45, 2.75) is 45.1 Å². The van der Waals surface area contributed by atoms with Gasteiger partial charge in [0.2, 0.25) is 0 Å². The molecule has 1 aromatic carbocycles. The van der Waals surface area contributed by atoms with Gasteiger partial charge >= 0.3 is 0 Å². The summed E-state index contributed by atoms with van der Waals surface area (Å²) in [6, 6.07) is 7.31. The van der Waals surface area contributed by atoms with E-state index in [4.69, 9.17) is 0 Å². The van der Waals surface area contributed by atoms with Crippen molar-refractivity contribution < 1.29 is 4.39 Å². The summed E-state index contributed by atoms with van der Waals surface area (Å²) < 4.78 is 13.1. The van der Waals surface area contributed by atoms with Gasteiger partial charge in [-0.2, -0.15) is 0 Å². The second-order valence-electron chi connectivity index (χ2n) is 5.75. The lowest BCUT2D eigenvalue weighted by Gasteiger charge is -2.28. The molecule has 0 aliphatic carbocycles. The van der Waals surface area contributed by atoms with Crippen LogP contribution in [-0.4, -0.2) is 31.1 Å². The monoisotopic (exact) mass is 278 g/mol. The predicted molar refractivity (Wildman–Crippen MR) is 82.3 cm³/mol. The second kappa shape index (κ2) is 8.38. The highest BCUT2D eigenvalue weighted by molar-refractivity contribution is 5.20. The summed E-state index contributed by atoms with van der Waals surface area (Å²) in [4.78, 5) is 2.56. The third kappa shape index (κ3) is 4.88. The number of hydrogen-bond donors (Lipinski definition) is 1. The highest BCUT2D eigenvalue weighted by Gasteiger charge is 2.15. The van der Waals surface area contributed by atoms with Gasteiger partial charge in [0.1, 0.15) is 5.82 Å². The third-order valence-corrected chi connectivity index (χ3v) is 4.10. The first-order valence-electron chi connectivity index (χ1n) is 8.01. The number of nitrogens with one attached hydrogen (secondary N) is 1. The van der Waals surface area contributed by atoms with Gasteiger partial charge in [-0.15, -0.1) is 0 Å². The second-order valence-corrected chi connectivity index (χ2v) is 5.75. The van der Waals surface area contributed by atoms with Crippen LogP contribution in [0, 0.1) is 5.82 Å². The van der Waals surface area contributed by atoms with Gasteiger partial charge in [-0.3, -0.25) is 0 Å². The number of likely N-dealkylation sites (tertiary alicyclic amines) is 1. The lowest BCUT2D eigenvalue weighted by Crippen LogP contribution is -2.33. The minimum absolute atomic E-state index is 0.154. The van der Waals surface area contributed by atoms with Crippen LogP contribution in [0.25, 0.3) is 0 Å². The Kier molecular flexibility index (Phi) is 6.48. The molecule has 0 radical (unpaired) electrons. The predicted octanol–water partition coefficient (Wildman–Crippen LogP) is 3.74. The van der Waals surface area contributed by atoms with E-state index in [2.05, 4.69) is 17.1 Å². The average Bonchev–Trinajstić information content (AvgIpc) is 2.50. The number of nitrogens with zero attached hydrogens (tertiary/aromatic N) is 1. The Balaban J connectivity index is 1.90. The Hall–Kier alpha value is -0.930. The Morgan fingerprint density at radius 3 is 2.50 bits per heavy atom. The normalized spacial score (nSPS) is 18.1. The summed E-state index contributed by atoms with van der Waals surface area (Å²) in [5.41, 5.74) is 1.21. The average molecular weight is 278 g/mol. The van der Waals surface area contributed by atoms with Crippen LogP contribution < -0.4 is 5.32 Å². The fourth-order valence-electron chi connectivity index (χ4n) is 2.89. The minimum Gasteiger partial charge on any atom is -0.310 e. The van der Waals surface area contributed by atoms with E-state index in [0.717, 1.165) is 25.9 Å². The van der Waals surface area contributed by atoms with Gasteiger partial charge in [0, 0.05) is 6.04 Å². The van der Waals surface area contributed by atoms with E-state index in [1.165, 1.54) is 37.9 Å². The van der Waals surface area contributed by atoms with Crippen LogP contribution in [0.5, 0.6) is 0 Å². The van der Waals surface area contributed by atoms with E-state index in [0.29, 0.717) is 6.04 Å². The number of piperidine rings is 1. The molecule has 20 heavy (non-hydrogen) atoms. The zero-order valence-electron chi connectivity index (χ0n) is 12.6. The Labute approximate surface area is 122 Å². The molecule has 0 amide bonds. The lowest BCUT2D eigenvalue weighted by molar-refractivity contribution is 0.217. The molecule has 1 N–H and O–H groups in total.